The highest BCUT2D eigenvalue weighted by atomic mass is 32.1. The van der Waals surface area contributed by atoms with Crippen LogP contribution in [0.4, 0.5) is 5.00 Å². The second-order valence-corrected chi connectivity index (χ2v) is 8.84. The van der Waals surface area contributed by atoms with Crippen molar-refractivity contribution in [3.63, 3.8) is 0 Å². The van der Waals surface area contributed by atoms with Crippen molar-refractivity contribution in [1.82, 2.24) is 0 Å². The number of hydrogen-bond acceptors (Lipinski definition) is 8. The number of carbonyl (C=O) groups is 2. The van der Waals surface area contributed by atoms with E-state index in [4.69, 9.17) is 18.3 Å². The third-order valence-corrected chi connectivity index (χ3v) is 6.34. The molecular weight excluding hydrogens is 458 g/mol. The molecule has 176 valence electrons. The normalized spacial score (nSPS) is 10.9. The molecule has 3 aromatic heterocycles. The van der Waals surface area contributed by atoms with E-state index in [2.05, 4.69) is 5.32 Å². The van der Waals surface area contributed by atoms with E-state index in [1.807, 2.05) is 19.9 Å². The van der Waals surface area contributed by atoms with E-state index >= 15 is 0 Å². The Morgan fingerprint density at radius 2 is 1.94 bits per heavy atom. The number of hydrogen-bond donors (Lipinski definition) is 1. The number of rotatable bonds is 7. The van der Waals surface area contributed by atoms with Crippen molar-refractivity contribution < 1.29 is 27.9 Å². The maximum Gasteiger partial charge on any atom is 0.341 e. The van der Waals surface area contributed by atoms with Crippen LogP contribution in [0.1, 0.15) is 33.3 Å². The number of carbonyl (C=O) groups excluding carboxylic acids is 2. The number of nitrogens with one attached hydrogen (secondary N) is 1. The number of esters is 1. The van der Waals surface area contributed by atoms with Gasteiger partial charge in [-0.3, -0.25) is 9.59 Å². The van der Waals surface area contributed by atoms with Gasteiger partial charge in [-0.05, 0) is 57.5 Å². The number of thiophene rings is 1. The van der Waals surface area contributed by atoms with Crippen molar-refractivity contribution in [2.75, 3.05) is 18.5 Å². The van der Waals surface area contributed by atoms with Gasteiger partial charge in [0, 0.05) is 4.88 Å². The fourth-order valence-electron chi connectivity index (χ4n) is 3.46. The van der Waals surface area contributed by atoms with Crippen LogP contribution in [0, 0.1) is 20.8 Å². The fourth-order valence-corrected chi connectivity index (χ4v) is 4.52. The molecule has 0 aliphatic carbocycles. The smallest absolute Gasteiger partial charge is 0.341 e. The molecule has 3 heterocycles. The lowest BCUT2D eigenvalue weighted by Gasteiger charge is -2.11. The van der Waals surface area contributed by atoms with Crippen LogP contribution >= 0.6 is 11.3 Å². The molecule has 0 saturated heterocycles. The molecule has 0 radical (unpaired) electrons. The maximum atomic E-state index is 13.2. The summed E-state index contributed by atoms with van der Waals surface area (Å²) in [5.41, 5.74) is 1.89. The minimum absolute atomic E-state index is 0.0918. The second kappa shape index (κ2) is 9.56. The zero-order valence-electron chi connectivity index (χ0n) is 19.1. The molecule has 4 aromatic rings. The molecule has 0 fully saturated rings. The Labute approximate surface area is 199 Å². The number of ether oxygens (including phenoxy) is 2. The average Bonchev–Trinajstić information content (AvgIpc) is 3.42. The first kappa shape index (κ1) is 23.3. The number of benzene rings is 1. The Kier molecular flexibility index (Phi) is 6.56. The van der Waals surface area contributed by atoms with Gasteiger partial charge in [-0.15, -0.1) is 11.3 Å². The molecule has 1 amide bonds. The van der Waals surface area contributed by atoms with E-state index in [1.54, 1.807) is 38.1 Å². The highest BCUT2D eigenvalue weighted by Crippen LogP contribution is 2.34. The Morgan fingerprint density at radius 3 is 2.65 bits per heavy atom. The summed E-state index contributed by atoms with van der Waals surface area (Å²) in [6.45, 7) is 6.96. The largest absolute Gasteiger partial charge is 0.476 e. The number of aryl methyl sites for hydroxylation is 2. The van der Waals surface area contributed by atoms with Crippen LogP contribution in [0.2, 0.25) is 0 Å². The lowest BCUT2D eigenvalue weighted by molar-refractivity contribution is -0.118. The Balaban J connectivity index is 1.63. The average molecular weight is 482 g/mol. The summed E-state index contributed by atoms with van der Waals surface area (Å²) in [5.74, 6) is -0.794. The third kappa shape index (κ3) is 4.47. The van der Waals surface area contributed by atoms with Crippen molar-refractivity contribution in [3.05, 3.63) is 68.4 Å². The summed E-state index contributed by atoms with van der Waals surface area (Å²) in [6.07, 6.45) is 1.45. The Morgan fingerprint density at radius 1 is 1.15 bits per heavy atom. The molecule has 1 N–H and O–H groups in total. The minimum Gasteiger partial charge on any atom is -0.476 e. The Hall–Kier alpha value is -3.85. The van der Waals surface area contributed by atoms with E-state index in [0.29, 0.717) is 27.3 Å². The summed E-state index contributed by atoms with van der Waals surface area (Å²) in [6, 6.07) is 8.52. The van der Waals surface area contributed by atoms with Crippen molar-refractivity contribution >= 4 is 39.2 Å². The monoisotopic (exact) mass is 481 g/mol. The van der Waals surface area contributed by atoms with Gasteiger partial charge in [0.1, 0.15) is 10.6 Å². The summed E-state index contributed by atoms with van der Waals surface area (Å²) in [5, 5.41) is 3.40. The number of fused-ring (bicyclic) bond motifs is 1. The first-order valence-corrected chi connectivity index (χ1v) is 11.4. The third-order valence-electron chi connectivity index (χ3n) is 5.21. The van der Waals surface area contributed by atoms with Crippen molar-refractivity contribution in [3.8, 4) is 17.3 Å². The zero-order valence-corrected chi connectivity index (χ0v) is 20.0. The van der Waals surface area contributed by atoms with Gasteiger partial charge in [-0.1, -0.05) is 11.6 Å². The van der Waals surface area contributed by atoms with E-state index in [-0.39, 0.29) is 18.1 Å². The second-order valence-electron chi connectivity index (χ2n) is 7.61. The molecule has 0 bridgehead atoms. The van der Waals surface area contributed by atoms with Crippen LogP contribution in [-0.2, 0) is 9.53 Å². The molecule has 9 heteroatoms. The highest BCUT2D eigenvalue weighted by molar-refractivity contribution is 7.16. The quantitative estimate of drug-likeness (QED) is 0.360. The van der Waals surface area contributed by atoms with E-state index in [9.17, 15) is 14.4 Å². The van der Waals surface area contributed by atoms with E-state index < -0.39 is 23.9 Å². The van der Waals surface area contributed by atoms with Crippen LogP contribution in [0.3, 0.4) is 0 Å². The van der Waals surface area contributed by atoms with Crippen LogP contribution < -0.4 is 15.5 Å². The SMILES string of the molecule is CCOC(=O)c1c(NC(=O)COc2c(-c3ccco3)oc3ccc(C)cc3c2=O)sc(C)c1C. The highest BCUT2D eigenvalue weighted by Gasteiger charge is 2.24. The van der Waals surface area contributed by atoms with Crippen LogP contribution in [0.25, 0.3) is 22.5 Å². The first-order chi connectivity index (χ1) is 16.3. The molecule has 1 aromatic carbocycles. The van der Waals surface area contributed by atoms with Crippen molar-refractivity contribution in [2.24, 2.45) is 0 Å². The number of amides is 1. The summed E-state index contributed by atoms with van der Waals surface area (Å²) in [4.78, 5) is 39.2. The number of anilines is 1. The van der Waals surface area contributed by atoms with E-state index in [1.165, 1.54) is 17.6 Å². The molecule has 0 unspecified atom stereocenters. The first-order valence-electron chi connectivity index (χ1n) is 10.6. The molecule has 8 nitrogen and oxygen atoms in total. The lowest BCUT2D eigenvalue weighted by atomic mass is 10.1. The lowest BCUT2D eigenvalue weighted by Crippen LogP contribution is -2.23. The molecule has 4 rings (SSSR count). The molecule has 0 atom stereocenters. The topological polar surface area (TPSA) is 108 Å². The molecule has 0 saturated carbocycles. The van der Waals surface area contributed by atoms with Crippen LogP contribution in [0.15, 0.2) is 50.2 Å². The number of furan rings is 1. The fraction of sp³-hybridized carbons (Fsp3) is 0.240. The molecular formula is C25H23NO7S. The van der Waals surface area contributed by atoms with Crippen LogP contribution in [0.5, 0.6) is 5.75 Å². The van der Waals surface area contributed by atoms with Gasteiger partial charge in [0.05, 0.1) is 23.8 Å². The van der Waals surface area contributed by atoms with E-state index in [0.717, 1.165) is 16.0 Å². The Bertz CT molecular complexity index is 1430. The maximum absolute atomic E-state index is 13.2. The molecule has 0 aliphatic rings. The predicted octanol–water partition coefficient (Wildman–Crippen LogP) is 5.23. The van der Waals surface area contributed by atoms with Gasteiger partial charge in [-0.2, -0.15) is 0 Å². The molecule has 34 heavy (non-hydrogen) atoms. The standard InChI is InChI=1S/C25H23NO7S/c1-5-30-25(29)20-14(3)15(4)34-24(20)26-19(27)12-32-23-21(28)16-11-13(2)8-9-17(16)33-22(23)18-7-6-10-31-18/h6-11H,5,12H2,1-4H3,(H,26,27). The van der Waals surface area contributed by atoms with Gasteiger partial charge >= 0.3 is 5.97 Å². The summed E-state index contributed by atoms with van der Waals surface area (Å²) >= 11 is 1.27. The molecule has 0 spiro atoms. The van der Waals surface area contributed by atoms with Crippen LogP contribution in [-0.4, -0.2) is 25.1 Å². The van der Waals surface area contributed by atoms with Gasteiger partial charge < -0.3 is 23.6 Å². The van der Waals surface area contributed by atoms with Gasteiger partial charge in [0.25, 0.3) is 5.91 Å². The minimum atomic E-state index is -0.541. The van der Waals surface area contributed by atoms with Crippen molar-refractivity contribution in [2.45, 2.75) is 27.7 Å². The summed E-state index contributed by atoms with van der Waals surface area (Å²) < 4.78 is 22.1. The van der Waals surface area contributed by atoms with Crippen molar-refractivity contribution in [1.29, 1.82) is 0 Å². The molecule has 0 aliphatic heterocycles. The van der Waals surface area contributed by atoms with Gasteiger partial charge in [0.15, 0.2) is 12.4 Å². The van der Waals surface area contributed by atoms with Gasteiger partial charge in [0.2, 0.25) is 16.9 Å². The predicted molar refractivity (Wildman–Crippen MR) is 129 cm³/mol. The zero-order chi connectivity index (χ0) is 24.4. The summed E-state index contributed by atoms with van der Waals surface area (Å²) in [7, 11) is 0. The van der Waals surface area contributed by atoms with Gasteiger partial charge in [-0.25, -0.2) is 4.79 Å².